The van der Waals surface area contributed by atoms with E-state index in [-0.39, 0.29) is 18.2 Å². The van der Waals surface area contributed by atoms with Crippen LogP contribution in [0.1, 0.15) is 34.9 Å². The SMILES string of the molecule is O=C1c2ccccc2N[C@H](c2cc(Cl)c3c(c2)OCCO3)N1C[C@H]1CCCO1. The Labute approximate surface area is 168 Å². The number of carbonyl (C=O) groups excluding carboxylic acids is 1. The van der Waals surface area contributed by atoms with Crippen molar-refractivity contribution in [1.82, 2.24) is 4.90 Å². The van der Waals surface area contributed by atoms with Crippen molar-refractivity contribution in [2.75, 3.05) is 31.7 Å². The Morgan fingerprint density at radius 3 is 2.86 bits per heavy atom. The van der Waals surface area contributed by atoms with Gasteiger partial charge in [-0.25, -0.2) is 0 Å². The Kier molecular flexibility index (Phi) is 4.53. The van der Waals surface area contributed by atoms with Crippen molar-refractivity contribution in [3.63, 3.8) is 0 Å². The van der Waals surface area contributed by atoms with Crippen LogP contribution in [0.5, 0.6) is 11.5 Å². The number of hydrogen-bond donors (Lipinski definition) is 1. The van der Waals surface area contributed by atoms with Crippen molar-refractivity contribution in [2.24, 2.45) is 0 Å². The summed E-state index contributed by atoms with van der Waals surface area (Å²) in [5, 5.41) is 3.98. The summed E-state index contributed by atoms with van der Waals surface area (Å²) in [6.45, 7) is 2.23. The van der Waals surface area contributed by atoms with Crippen LogP contribution in [0.4, 0.5) is 5.69 Å². The highest BCUT2D eigenvalue weighted by atomic mass is 35.5. The quantitative estimate of drug-likeness (QED) is 0.847. The summed E-state index contributed by atoms with van der Waals surface area (Å²) >= 11 is 6.46. The topological polar surface area (TPSA) is 60.0 Å². The van der Waals surface area contributed by atoms with Crippen molar-refractivity contribution < 1.29 is 19.0 Å². The van der Waals surface area contributed by atoms with Crippen LogP contribution in [0, 0.1) is 0 Å². The minimum Gasteiger partial charge on any atom is -0.486 e. The van der Waals surface area contributed by atoms with Crippen molar-refractivity contribution in [3.8, 4) is 11.5 Å². The molecule has 3 aliphatic rings. The first-order chi connectivity index (χ1) is 13.7. The summed E-state index contributed by atoms with van der Waals surface area (Å²) < 4.78 is 17.2. The van der Waals surface area contributed by atoms with E-state index in [2.05, 4.69) is 5.32 Å². The molecule has 1 saturated heterocycles. The van der Waals surface area contributed by atoms with Gasteiger partial charge in [-0.1, -0.05) is 23.7 Å². The summed E-state index contributed by atoms with van der Waals surface area (Å²) in [4.78, 5) is 15.1. The molecule has 1 N–H and O–H groups in total. The van der Waals surface area contributed by atoms with Gasteiger partial charge in [0.25, 0.3) is 5.91 Å². The number of fused-ring (bicyclic) bond motifs is 2. The summed E-state index contributed by atoms with van der Waals surface area (Å²) in [5.74, 6) is 1.16. The molecule has 6 nitrogen and oxygen atoms in total. The van der Waals surface area contributed by atoms with E-state index in [1.807, 2.05) is 41.3 Å². The molecule has 0 bridgehead atoms. The predicted molar refractivity (Wildman–Crippen MR) is 105 cm³/mol. The van der Waals surface area contributed by atoms with Crippen molar-refractivity contribution in [2.45, 2.75) is 25.1 Å². The van der Waals surface area contributed by atoms with Gasteiger partial charge >= 0.3 is 0 Å². The van der Waals surface area contributed by atoms with Gasteiger partial charge in [0.05, 0.1) is 16.7 Å². The first kappa shape index (κ1) is 17.6. The maximum atomic E-state index is 13.3. The monoisotopic (exact) mass is 400 g/mol. The molecule has 2 atom stereocenters. The van der Waals surface area contributed by atoms with E-state index < -0.39 is 0 Å². The van der Waals surface area contributed by atoms with Gasteiger partial charge in [0, 0.05) is 24.4 Å². The maximum absolute atomic E-state index is 13.3. The minimum absolute atomic E-state index is 0.0131. The number of hydrogen-bond acceptors (Lipinski definition) is 5. The Hall–Kier alpha value is -2.44. The zero-order chi connectivity index (χ0) is 19.1. The second-order valence-corrected chi connectivity index (χ2v) is 7.62. The zero-order valence-corrected chi connectivity index (χ0v) is 16.1. The number of ether oxygens (including phenoxy) is 3. The zero-order valence-electron chi connectivity index (χ0n) is 15.3. The molecule has 7 heteroatoms. The number of halogens is 1. The van der Waals surface area contributed by atoms with E-state index in [1.54, 1.807) is 0 Å². The lowest BCUT2D eigenvalue weighted by atomic mass is 10.0. The first-order valence-corrected chi connectivity index (χ1v) is 9.95. The Morgan fingerprint density at radius 2 is 2.00 bits per heavy atom. The number of nitrogens with one attached hydrogen (secondary N) is 1. The number of carbonyl (C=O) groups is 1. The molecule has 3 heterocycles. The van der Waals surface area contributed by atoms with E-state index >= 15 is 0 Å². The molecule has 28 heavy (non-hydrogen) atoms. The molecule has 0 saturated carbocycles. The molecule has 0 unspecified atom stereocenters. The third-order valence-corrected chi connectivity index (χ3v) is 5.66. The molecule has 1 amide bonds. The molecule has 2 aromatic rings. The van der Waals surface area contributed by atoms with Crippen molar-refractivity contribution >= 4 is 23.2 Å². The number of amides is 1. The average molecular weight is 401 g/mol. The largest absolute Gasteiger partial charge is 0.486 e. The van der Waals surface area contributed by atoms with Gasteiger partial charge in [-0.2, -0.15) is 0 Å². The number of nitrogens with zero attached hydrogens (tertiary/aromatic N) is 1. The predicted octanol–water partition coefficient (Wildman–Crippen LogP) is 3.86. The number of benzene rings is 2. The van der Waals surface area contributed by atoms with Gasteiger partial charge in [0.2, 0.25) is 0 Å². The fourth-order valence-electron chi connectivity index (χ4n) is 4.04. The fraction of sp³-hybridized carbons (Fsp3) is 0.381. The summed E-state index contributed by atoms with van der Waals surface area (Å²) in [6.07, 6.45) is 1.67. The minimum atomic E-state index is -0.361. The molecule has 0 aliphatic carbocycles. The lowest BCUT2D eigenvalue weighted by Gasteiger charge is -2.39. The maximum Gasteiger partial charge on any atom is 0.257 e. The van der Waals surface area contributed by atoms with E-state index in [1.165, 1.54) is 0 Å². The van der Waals surface area contributed by atoms with E-state index in [0.29, 0.717) is 41.8 Å². The Bertz CT molecular complexity index is 913. The van der Waals surface area contributed by atoms with Crippen LogP contribution in [0.3, 0.4) is 0 Å². The van der Waals surface area contributed by atoms with Crippen molar-refractivity contribution in [1.29, 1.82) is 0 Å². The molecule has 1 fully saturated rings. The summed E-state index contributed by atoms with van der Waals surface area (Å²) in [6, 6.07) is 11.3. The van der Waals surface area contributed by atoms with Crippen LogP contribution in [-0.4, -0.2) is 43.3 Å². The molecule has 0 radical (unpaired) electrons. The van der Waals surface area contributed by atoms with Crippen LogP contribution in [0.2, 0.25) is 5.02 Å². The molecule has 3 aliphatic heterocycles. The second kappa shape index (κ2) is 7.18. The Balaban J connectivity index is 1.55. The van der Waals surface area contributed by atoms with Gasteiger partial charge in [-0.05, 0) is 37.1 Å². The molecule has 0 spiro atoms. The number of para-hydroxylation sites is 1. The highest BCUT2D eigenvalue weighted by Gasteiger charge is 2.36. The van der Waals surface area contributed by atoms with Crippen molar-refractivity contribution in [3.05, 3.63) is 52.5 Å². The summed E-state index contributed by atoms with van der Waals surface area (Å²) in [7, 11) is 0. The third kappa shape index (κ3) is 3.06. The van der Waals surface area contributed by atoms with Gasteiger partial charge in [0.1, 0.15) is 19.4 Å². The lowest BCUT2D eigenvalue weighted by Crippen LogP contribution is -2.46. The smallest absolute Gasteiger partial charge is 0.257 e. The lowest BCUT2D eigenvalue weighted by molar-refractivity contribution is 0.0426. The first-order valence-electron chi connectivity index (χ1n) is 9.58. The van der Waals surface area contributed by atoms with Gasteiger partial charge in [-0.15, -0.1) is 0 Å². The molecule has 5 rings (SSSR count). The van der Waals surface area contributed by atoms with Crippen LogP contribution in [0.25, 0.3) is 0 Å². The standard InChI is InChI=1S/C21H21ClN2O4/c22-16-10-13(11-18-19(16)28-9-8-27-18)20-23-17-6-2-1-5-15(17)21(25)24(20)12-14-4-3-7-26-14/h1-2,5-6,10-11,14,20,23H,3-4,7-9,12H2/t14-,20+/m1/s1. The van der Waals surface area contributed by atoms with Gasteiger partial charge in [0.15, 0.2) is 11.5 Å². The van der Waals surface area contributed by atoms with E-state index in [0.717, 1.165) is 30.7 Å². The molecule has 146 valence electrons. The third-order valence-electron chi connectivity index (χ3n) is 5.38. The van der Waals surface area contributed by atoms with Crippen LogP contribution >= 0.6 is 11.6 Å². The van der Waals surface area contributed by atoms with Gasteiger partial charge < -0.3 is 24.4 Å². The highest BCUT2D eigenvalue weighted by Crippen LogP contribution is 2.42. The van der Waals surface area contributed by atoms with E-state index in [9.17, 15) is 4.79 Å². The summed E-state index contributed by atoms with van der Waals surface area (Å²) in [5.41, 5.74) is 2.34. The number of anilines is 1. The molecule has 0 aromatic heterocycles. The normalized spacial score (nSPS) is 23.3. The van der Waals surface area contributed by atoms with Crippen LogP contribution in [0.15, 0.2) is 36.4 Å². The molecular weight excluding hydrogens is 380 g/mol. The highest BCUT2D eigenvalue weighted by molar-refractivity contribution is 6.32. The second-order valence-electron chi connectivity index (χ2n) is 7.21. The fourth-order valence-corrected chi connectivity index (χ4v) is 4.31. The molecular formula is C21H21ClN2O4. The van der Waals surface area contributed by atoms with Gasteiger partial charge in [-0.3, -0.25) is 4.79 Å². The van der Waals surface area contributed by atoms with Crippen LogP contribution < -0.4 is 14.8 Å². The van der Waals surface area contributed by atoms with E-state index in [4.69, 9.17) is 25.8 Å². The van der Waals surface area contributed by atoms with Crippen LogP contribution in [-0.2, 0) is 4.74 Å². The number of rotatable bonds is 3. The Morgan fingerprint density at radius 1 is 1.14 bits per heavy atom. The molecule has 2 aromatic carbocycles. The average Bonchev–Trinajstić information content (AvgIpc) is 3.23.